The Balaban J connectivity index is 1.81. The lowest BCUT2D eigenvalue weighted by Gasteiger charge is -2.29. The molecule has 0 unspecified atom stereocenters. The summed E-state index contributed by atoms with van der Waals surface area (Å²) >= 11 is 0. The maximum absolute atomic E-state index is 12.5. The largest absolute Gasteiger partial charge is 0.298 e. The third-order valence-electron chi connectivity index (χ3n) is 3.68. The van der Waals surface area contributed by atoms with E-state index < -0.39 is 10.2 Å². The molecule has 2 aliphatic heterocycles. The van der Waals surface area contributed by atoms with Crippen molar-refractivity contribution in [2.75, 3.05) is 13.1 Å². The van der Waals surface area contributed by atoms with Crippen molar-refractivity contribution in [3.63, 3.8) is 0 Å². The molecule has 0 aliphatic carbocycles. The van der Waals surface area contributed by atoms with Crippen LogP contribution in [0, 0.1) is 0 Å². The number of piperidine rings is 1. The summed E-state index contributed by atoms with van der Waals surface area (Å²) in [5.41, 5.74) is 2.10. The standard InChI is InChI=1S/C13H16N2O3S/c16-13-6-3-7-14(10-13)19(17,18)15-8-11-4-1-2-5-12(11)9-15/h1-2,4-5H,3,6-10H2. The highest BCUT2D eigenvalue weighted by Crippen LogP contribution is 2.27. The van der Waals surface area contributed by atoms with E-state index in [-0.39, 0.29) is 12.3 Å². The van der Waals surface area contributed by atoms with Gasteiger partial charge >= 0.3 is 0 Å². The molecule has 0 amide bonds. The van der Waals surface area contributed by atoms with E-state index in [0.717, 1.165) is 11.1 Å². The third-order valence-corrected chi connectivity index (χ3v) is 5.56. The van der Waals surface area contributed by atoms with Crippen molar-refractivity contribution in [1.82, 2.24) is 8.61 Å². The molecule has 102 valence electrons. The number of rotatable bonds is 2. The minimum Gasteiger partial charge on any atom is -0.298 e. The van der Waals surface area contributed by atoms with Gasteiger partial charge in [-0.2, -0.15) is 17.0 Å². The smallest absolute Gasteiger partial charge is 0.283 e. The normalized spacial score (nSPS) is 21.6. The van der Waals surface area contributed by atoms with Crippen LogP contribution in [0.4, 0.5) is 0 Å². The topological polar surface area (TPSA) is 57.7 Å². The van der Waals surface area contributed by atoms with Gasteiger partial charge in [0, 0.05) is 26.1 Å². The Morgan fingerprint density at radius 3 is 2.16 bits per heavy atom. The van der Waals surface area contributed by atoms with Crippen LogP contribution in [-0.4, -0.2) is 35.9 Å². The summed E-state index contributed by atoms with van der Waals surface area (Å²) in [7, 11) is -3.52. The second-order valence-electron chi connectivity index (χ2n) is 5.02. The molecule has 1 aromatic carbocycles. The van der Waals surface area contributed by atoms with Gasteiger partial charge < -0.3 is 0 Å². The molecule has 2 heterocycles. The molecule has 0 radical (unpaired) electrons. The fourth-order valence-electron chi connectivity index (χ4n) is 2.63. The van der Waals surface area contributed by atoms with E-state index in [1.54, 1.807) is 0 Å². The van der Waals surface area contributed by atoms with Gasteiger partial charge in [0.25, 0.3) is 10.2 Å². The summed E-state index contributed by atoms with van der Waals surface area (Å²) in [6.45, 7) is 1.28. The first-order valence-electron chi connectivity index (χ1n) is 6.41. The molecule has 5 nitrogen and oxygen atoms in total. The van der Waals surface area contributed by atoms with E-state index in [1.165, 1.54) is 8.61 Å². The third kappa shape index (κ3) is 2.31. The van der Waals surface area contributed by atoms with Gasteiger partial charge in [-0.25, -0.2) is 0 Å². The average molecular weight is 280 g/mol. The van der Waals surface area contributed by atoms with Crippen molar-refractivity contribution >= 4 is 16.0 Å². The number of carbonyl (C=O) groups is 1. The Morgan fingerprint density at radius 2 is 1.58 bits per heavy atom. The number of Topliss-reactive ketones (excluding diaryl/α,β-unsaturated/α-hetero) is 1. The molecule has 0 aromatic heterocycles. The molecule has 0 bridgehead atoms. The van der Waals surface area contributed by atoms with Gasteiger partial charge in [-0.3, -0.25) is 4.79 Å². The van der Waals surface area contributed by atoms with Crippen molar-refractivity contribution in [2.45, 2.75) is 25.9 Å². The van der Waals surface area contributed by atoms with Gasteiger partial charge in [0.05, 0.1) is 6.54 Å². The SMILES string of the molecule is O=C1CCCN(S(=O)(=O)N2Cc3ccccc3C2)C1. The van der Waals surface area contributed by atoms with Crippen LogP contribution in [0.5, 0.6) is 0 Å². The van der Waals surface area contributed by atoms with Gasteiger partial charge in [-0.05, 0) is 17.5 Å². The number of ketones is 1. The number of fused-ring (bicyclic) bond motifs is 1. The summed E-state index contributed by atoms with van der Waals surface area (Å²) in [4.78, 5) is 11.4. The first kappa shape index (κ1) is 12.8. The highest BCUT2D eigenvalue weighted by Gasteiger charge is 2.35. The van der Waals surface area contributed by atoms with Crippen molar-refractivity contribution in [1.29, 1.82) is 0 Å². The molecular weight excluding hydrogens is 264 g/mol. The fraction of sp³-hybridized carbons (Fsp3) is 0.462. The monoisotopic (exact) mass is 280 g/mol. The summed E-state index contributed by atoms with van der Waals surface area (Å²) in [6, 6.07) is 7.73. The van der Waals surface area contributed by atoms with E-state index in [4.69, 9.17) is 0 Å². The predicted molar refractivity (Wildman–Crippen MR) is 70.4 cm³/mol. The molecule has 19 heavy (non-hydrogen) atoms. The Hall–Kier alpha value is -1.24. The zero-order chi connectivity index (χ0) is 13.5. The molecule has 0 saturated carbocycles. The van der Waals surface area contributed by atoms with Crippen molar-refractivity contribution < 1.29 is 13.2 Å². The van der Waals surface area contributed by atoms with Crippen molar-refractivity contribution in [3.8, 4) is 0 Å². The van der Waals surface area contributed by atoms with E-state index in [1.807, 2.05) is 24.3 Å². The van der Waals surface area contributed by atoms with E-state index >= 15 is 0 Å². The van der Waals surface area contributed by atoms with Crippen LogP contribution < -0.4 is 0 Å². The quantitative estimate of drug-likeness (QED) is 0.809. The maximum atomic E-state index is 12.5. The van der Waals surface area contributed by atoms with Gasteiger partial charge in [0.1, 0.15) is 5.78 Å². The molecule has 0 atom stereocenters. The number of hydrogen-bond donors (Lipinski definition) is 0. The lowest BCUT2D eigenvalue weighted by Crippen LogP contribution is -2.46. The molecule has 0 N–H and O–H groups in total. The molecule has 1 fully saturated rings. The lowest BCUT2D eigenvalue weighted by atomic mass is 10.1. The van der Waals surface area contributed by atoms with Crippen LogP contribution in [0.3, 0.4) is 0 Å². The zero-order valence-electron chi connectivity index (χ0n) is 10.6. The van der Waals surface area contributed by atoms with Crippen LogP contribution in [0.25, 0.3) is 0 Å². The van der Waals surface area contributed by atoms with E-state index in [0.29, 0.717) is 32.5 Å². The fourth-order valence-corrected chi connectivity index (χ4v) is 4.23. The average Bonchev–Trinajstić information content (AvgIpc) is 2.83. The first-order valence-corrected chi connectivity index (χ1v) is 7.81. The molecule has 2 aliphatic rings. The van der Waals surface area contributed by atoms with Crippen LogP contribution in [0.1, 0.15) is 24.0 Å². The molecule has 1 aromatic rings. The molecule has 1 saturated heterocycles. The van der Waals surface area contributed by atoms with Crippen LogP contribution >= 0.6 is 0 Å². The summed E-state index contributed by atoms with van der Waals surface area (Å²) in [5, 5.41) is 0. The Bertz CT molecular complexity index is 587. The highest BCUT2D eigenvalue weighted by atomic mass is 32.2. The highest BCUT2D eigenvalue weighted by molar-refractivity contribution is 7.86. The Labute approximate surface area is 113 Å². The summed E-state index contributed by atoms with van der Waals surface area (Å²) in [5.74, 6) is 0.00605. The summed E-state index contributed by atoms with van der Waals surface area (Å²) < 4.78 is 27.8. The molecule has 0 spiro atoms. The molecule has 3 rings (SSSR count). The summed E-state index contributed by atoms with van der Waals surface area (Å²) in [6.07, 6.45) is 1.12. The van der Waals surface area contributed by atoms with Gasteiger partial charge in [0.2, 0.25) is 0 Å². The number of carbonyl (C=O) groups excluding carboxylic acids is 1. The second-order valence-corrected chi connectivity index (χ2v) is 6.95. The minimum absolute atomic E-state index is 0.00605. The Morgan fingerprint density at radius 1 is 0.947 bits per heavy atom. The number of hydrogen-bond acceptors (Lipinski definition) is 3. The predicted octanol–water partition coefficient (Wildman–Crippen LogP) is 0.912. The van der Waals surface area contributed by atoms with Gasteiger partial charge in [0.15, 0.2) is 0 Å². The zero-order valence-corrected chi connectivity index (χ0v) is 11.4. The van der Waals surface area contributed by atoms with Gasteiger partial charge in [-0.15, -0.1) is 0 Å². The number of nitrogens with zero attached hydrogens (tertiary/aromatic N) is 2. The Kier molecular flexibility index (Phi) is 3.16. The van der Waals surface area contributed by atoms with E-state index in [2.05, 4.69) is 0 Å². The molecule has 6 heteroatoms. The van der Waals surface area contributed by atoms with Crippen LogP contribution in [-0.2, 0) is 28.1 Å². The maximum Gasteiger partial charge on any atom is 0.283 e. The van der Waals surface area contributed by atoms with E-state index in [9.17, 15) is 13.2 Å². The van der Waals surface area contributed by atoms with Crippen LogP contribution in [0.15, 0.2) is 24.3 Å². The lowest BCUT2D eigenvalue weighted by molar-refractivity contribution is -0.120. The second kappa shape index (κ2) is 4.70. The van der Waals surface area contributed by atoms with Crippen LogP contribution in [0.2, 0.25) is 0 Å². The number of benzene rings is 1. The van der Waals surface area contributed by atoms with Gasteiger partial charge in [-0.1, -0.05) is 24.3 Å². The minimum atomic E-state index is -3.52. The van der Waals surface area contributed by atoms with Crippen molar-refractivity contribution in [2.24, 2.45) is 0 Å². The molecular formula is C13H16N2O3S. The van der Waals surface area contributed by atoms with Crippen molar-refractivity contribution in [3.05, 3.63) is 35.4 Å². The first-order chi connectivity index (χ1) is 9.07.